The number of amides is 1. The second-order valence-electron chi connectivity index (χ2n) is 6.24. The van der Waals surface area contributed by atoms with Gasteiger partial charge in [0.2, 0.25) is 0 Å². The summed E-state index contributed by atoms with van der Waals surface area (Å²) < 4.78 is 32.3. The summed E-state index contributed by atoms with van der Waals surface area (Å²) >= 11 is 0. The van der Waals surface area contributed by atoms with Gasteiger partial charge in [-0.2, -0.15) is 0 Å². The number of sulfonamides is 1. The van der Waals surface area contributed by atoms with Gasteiger partial charge >= 0.3 is 0 Å². The average Bonchev–Trinajstić information content (AvgIpc) is 2.73. The molecule has 1 fully saturated rings. The Kier molecular flexibility index (Phi) is 5.67. The molecule has 8 heteroatoms. The second-order valence-corrected chi connectivity index (χ2v) is 8.21. The third-order valence-corrected chi connectivity index (χ3v) is 6.36. The van der Waals surface area contributed by atoms with Crippen molar-refractivity contribution < 1.29 is 17.9 Å². The van der Waals surface area contributed by atoms with Crippen LogP contribution in [0.25, 0.3) is 0 Å². The molecule has 0 aromatic heterocycles. The van der Waals surface area contributed by atoms with Gasteiger partial charge in [0.25, 0.3) is 15.9 Å². The molecular formula is C19H23N3O4S. The number of nitrogens with zero attached hydrogens (tertiary/aromatic N) is 2. The maximum Gasteiger partial charge on any atom is 0.264 e. The molecule has 1 heterocycles. The first-order valence-corrected chi connectivity index (χ1v) is 10.1. The van der Waals surface area contributed by atoms with E-state index < -0.39 is 10.0 Å². The number of carbonyl (C=O) groups excluding carboxylic acids is 1. The predicted molar refractivity (Wildman–Crippen MR) is 104 cm³/mol. The number of rotatable bonds is 5. The largest absolute Gasteiger partial charge is 0.497 e. The van der Waals surface area contributed by atoms with Gasteiger partial charge in [0, 0.05) is 38.8 Å². The number of methoxy groups -OCH3 is 1. The molecule has 7 nitrogen and oxygen atoms in total. The Hall–Kier alpha value is -2.58. The molecule has 0 spiro atoms. The van der Waals surface area contributed by atoms with Crippen LogP contribution >= 0.6 is 0 Å². The van der Waals surface area contributed by atoms with Crippen molar-refractivity contribution in [1.82, 2.24) is 10.2 Å². The molecule has 0 saturated carbocycles. The zero-order chi connectivity index (χ0) is 19.4. The lowest BCUT2D eigenvalue weighted by molar-refractivity contribution is 0.0735. The molecular weight excluding hydrogens is 366 g/mol. The summed E-state index contributed by atoms with van der Waals surface area (Å²) in [5.74, 6) is 0.494. The Labute approximate surface area is 159 Å². The summed E-state index contributed by atoms with van der Waals surface area (Å²) in [6.07, 6.45) is 0. The molecule has 2 aromatic rings. The van der Waals surface area contributed by atoms with Gasteiger partial charge in [0.15, 0.2) is 0 Å². The minimum atomic E-state index is -3.79. The minimum absolute atomic E-state index is 0.0850. The van der Waals surface area contributed by atoms with Crippen molar-refractivity contribution in [2.24, 2.45) is 0 Å². The normalized spacial score (nSPS) is 14.7. The van der Waals surface area contributed by atoms with Crippen LogP contribution in [0.3, 0.4) is 0 Å². The van der Waals surface area contributed by atoms with E-state index in [0.29, 0.717) is 30.1 Å². The summed E-state index contributed by atoms with van der Waals surface area (Å²) in [4.78, 5) is 14.5. The quantitative estimate of drug-likeness (QED) is 0.840. The fourth-order valence-electron chi connectivity index (χ4n) is 2.93. The molecule has 1 aliphatic rings. The average molecular weight is 389 g/mol. The number of anilines is 1. The molecule has 144 valence electrons. The first kappa shape index (κ1) is 19.2. The highest BCUT2D eigenvalue weighted by Crippen LogP contribution is 2.25. The van der Waals surface area contributed by atoms with Crippen LogP contribution in [0.1, 0.15) is 10.4 Å². The van der Waals surface area contributed by atoms with Crippen molar-refractivity contribution >= 4 is 21.6 Å². The predicted octanol–water partition coefficient (Wildman–Crippen LogP) is 1.57. The summed E-state index contributed by atoms with van der Waals surface area (Å²) in [5, 5.41) is 3.19. The first-order valence-electron chi connectivity index (χ1n) is 8.66. The van der Waals surface area contributed by atoms with Crippen molar-refractivity contribution in [1.29, 1.82) is 0 Å². The van der Waals surface area contributed by atoms with Crippen LogP contribution < -0.4 is 14.4 Å². The fourth-order valence-corrected chi connectivity index (χ4v) is 4.17. The van der Waals surface area contributed by atoms with Crippen LogP contribution in [0.5, 0.6) is 5.75 Å². The van der Waals surface area contributed by atoms with E-state index in [1.165, 1.54) is 23.5 Å². The van der Waals surface area contributed by atoms with Gasteiger partial charge in [0.1, 0.15) is 5.75 Å². The second kappa shape index (κ2) is 7.98. The smallest absolute Gasteiger partial charge is 0.264 e. The maximum atomic E-state index is 13.0. The first-order chi connectivity index (χ1) is 12.9. The van der Waals surface area contributed by atoms with Crippen LogP contribution in [0.2, 0.25) is 0 Å². The zero-order valence-corrected chi connectivity index (χ0v) is 16.2. The highest BCUT2D eigenvalue weighted by Gasteiger charge is 2.24. The fraction of sp³-hybridized carbons (Fsp3) is 0.316. The molecule has 2 aromatic carbocycles. The number of hydrogen-bond donors (Lipinski definition) is 1. The van der Waals surface area contributed by atoms with Crippen LogP contribution in [-0.4, -0.2) is 59.6 Å². The number of nitrogens with one attached hydrogen (secondary N) is 1. The number of benzene rings is 2. The molecule has 0 atom stereocenters. The lowest BCUT2D eigenvalue weighted by Gasteiger charge is -2.27. The van der Waals surface area contributed by atoms with E-state index in [1.807, 2.05) is 0 Å². The van der Waals surface area contributed by atoms with Gasteiger partial charge in [0.05, 0.1) is 17.7 Å². The van der Waals surface area contributed by atoms with E-state index >= 15 is 0 Å². The number of carbonyl (C=O) groups is 1. The highest BCUT2D eigenvalue weighted by molar-refractivity contribution is 7.92. The highest BCUT2D eigenvalue weighted by atomic mass is 32.2. The maximum absolute atomic E-state index is 13.0. The molecule has 1 saturated heterocycles. The Morgan fingerprint density at radius 1 is 1.11 bits per heavy atom. The van der Waals surface area contributed by atoms with E-state index in [9.17, 15) is 13.2 Å². The summed E-state index contributed by atoms with van der Waals surface area (Å²) in [6.45, 7) is 2.71. The van der Waals surface area contributed by atoms with Gasteiger partial charge < -0.3 is 15.0 Å². The molecule has 0 aliphatic carbocycles. The lowest BCUT2D eigenvalue weighted by Crippen LogP contribution is -2.46. The van der Waals surface area contributed by atoms with E-state index in [1.54, 1.807) is 48.4 Å². The van der Waals surface area contributed by atoms with Crippen molar-refractivity contribution in [3.05, 3.63) is 54.1 Å². The number of piperazine rings is 1. The van der Waals surface area contributed by atoms with E-state index in [4.69, 9.17) is 4.74 Å². The molecule has 0 radical (unpaired) electrons. The van der Waals surface area contributed by atoms with E-state index in [2.05, 4.69) is 5.32 Å². The van der Waals surface area contributed by atoms with Gasteiger partial charge in [-0.1, -0.05) is 6.07 Å². The van der Waals surface area contributed by atoms with Crippen molar-refractivity contribution in [3.8, 4) is 5.75 Å². The van der Waals surface area contributed by atoms with Crippen molar-refractivity contribution in [2.75, 3.05) is 44.6 Å². The van der Waals surface area contributed by atoms with Gasteiger partial charge in [-0.3, -0.25) is 9.10 Å². The Morgan fingerprint density at radius 2 is 1.78 bits per heavy atom. The van der Waals surface area contributed by atoms with E-state index in [-0.39, 0.29) is 10.8 Å². The van der Waals surface area contributed by atoms with Crippen molar-refractivity contribution in [3.63, 3.8) is 0 Å². The molecule has 27 heavy (non-hydrogen) atoms. The van der Waals surface area contributed by atoms with Crippen LogP contribution in [-0.2, 0) is 10.0 Å². The van der Waals surface area contributed by atoms with Crippen LogP contribution in [0.4, 0.5) is 5.69 Å². The summed E-state index contributed by atoms with van der Waals surface area (Å²) in [7, 11) is -0.749. The third kappa shape index (κ3) is 4.06. The SMILES string of the molecule is COc1ccc(N(C)S(=O)(=O)c2cccc(C(=O)N3CCNCC3)c2)cc1. The molecule has 1 N–H and O–H groups in total. The minimum Gasteiger partial charge on any atom is -0.497 e. The summed E-state index contributed by atoms with van der Waals surface area (Å²) in [6, 6.07) is 12.9. The topological polar surface area (TPSA) is 79.0 Å². The zero-order valence-electron chi connectivity index (χ0n) is 15.4. The van der Waals surface area contributed by atoms with Crippen LogP contribution in [0, 0.1) is 0 Å². The van der Waals surface area contributed by atoms with Crippen LogP contribution in [0.15, 0.2) is 53.4 Å². The summed E-state index contributed by atoms with van der Waals surface area (Å²) in [5.41, 5.74) is 0.885. The molecule has 1 aliphatic heterocycles. The Morgan fingerprint density at radius 3 is 2.41 bits per heavy atom. The van der Waals surface area contributed by atoms with Crippen molar-refractivity contribution in [2.45, 2.75) is 4.90 Å². The van der Waals surface area contributed by atoms with Gasteiger partial charge in [-0.15, -0.1) is 0 Å². The third-order valence-electron chi connectivity index (χ3n) is 4.58. The monoisotopic (exact) mass is 389 g/mol. The Bertz CT molecular complexity index is 907. The number of hydrogen-bond acceptors (Lipinski definition) is 5. The van der Waals surface area contributed by atoms with Gasteiger partial charge in [-0.05, 0) is 42.5 Å². The van der Waals surface area contributed by atoms with E-state index in [0.717, 1.165) is 13.1 Å². The molecule has 3 rings (SSSR count). The molecule has 0 unspecified atom stereocenters. The Balaban J connectivity index is 1.86. The lowest BCUT2D eigenvalue weighted by atomic mass is 10.2. The van der Waals surface area contributed by atoms with Gasteiger partial charge in [-0.25, -0.2) is 8.42 Å². The molecule has 0 bridgehead atoms. The standard InChI is InChI=1S/C19H23N3O4S/c1-21(16-6-8-17(26-2)9-7-16)27(24,25)18-5-3-4-15(14-18)19(23)22-12-10-20-11-13-22/h3-9,14,20H,10-13H2,1-2H3. The molecule has 1 amide bonds. The number of ether oxygens (including phenoxy) is 1.